The highest BCUT2D eigenvalue weighted by Crippen LogP contribution is 2.21. The quantitative estimate of drug-likeness (QED) is 0.229. The lowest BCUT2D eigenvalue weighted by Crippen LogP contribution is -2.50. The molecule has 12 nitrogen and oxygen atoms in total. The second-order valence-corrected chi connectivity index (χ2v) is 14.9. The molecule has 6 rings (SSSR count). The highest BCUT2D eigenvalue weighted by atomic mass is 127. The van der Waals surface area contributed by atoms with E-state index in [-0.39, 0.29) is 12.2 Å². The van der Waals surface area contributed by atoms with Gasteiger partial charge in [-0.25, -0.2) is 19.6 Å². The molecule has 0 bridgehead atoms. The Bertz CT molecular complexity index is 1520. The molecule has 13 heteroatoms. The Kier molecular flexibility index (Phi) is 13.3. The normalized spacial score (nSPS) is 15.0. The number of rotatable bonds is 3. The van der Waals surface area contributed by atoms with Crippen LogP contribution in [-0.2, 0) is 9.47 Å². The highest BCUT2D eigenvalue weighted by molar-refractivity contribution is 14.1. The third-order valence-electron chi connectivity index (χ3n) is 7.48. The van der Waals surface area contributed by atoms with E-state index in [1.54, 1.807) is 41.0 Å². The van der Waals surface area contributed by atoms with E-state index < -0.39 is 11.2 Å². The summed E-state index contributed by atoms with van der Waals surface area (Å²) in [6.07, 6.45) is 10.1. The number of aromatic amines is 1. The lowest BCUT2D eigenvalue weighted by atomic mass is 10.2. The number of H-pyrrole nitrogens is 1. The first-order chi connectivity index (χ1) is 23.3. The minimum atomic E-state index is -0.447. The second-order valence-electron chi connectivity index (χ2n) is 13.6. The van der Waals surface area contributed by atoms with E-state index >= 15 is 0 Å². The zero-order valence-electron chi connectivity index (χ0n) is 29.4. The number of benzene rings is 2. The lowest BCUT2D eigenvalue weighted by Gasteiger charge is -2.36. The molecule has 2 aliphatic heterocycles. The van der Waals surface area contributed by atoms with Crippen molar-refractivity contribution in [3.8, 4) is 5.69 Å². The van der Waals surface area contributed by atoms with Crippen molar-refractivity contribution in [2.24, 2.45) is 0 Å². The van der Waals surface area contributed by atoms with Crippen LogP contribution in [0.3, 0.4) is 0 Å². The van der Waals surface area contributed by atoms with Gasteiger partial charge >= 0.3 is 12.2 Å². The summed E-state index contributed by atoms with van der Waals surface area (Å²) in [6, 6.07) is 16.9. The van der Waals surface area contributed by atoms with E-state index in [1.165, 1.54) is 14.9 Å². The molecule has 4 aromatic rings. The lowest BCUT2D eigenvalue weighted by molar-refractivity contribution is 0.0230. The van der Waals surface area contributed by atoms with Crippen LogP contribution in [0.1, 0.15) is 41.5 Å². The van der Waals surface area contributed by atoms with Gasteiger partial charge in [0.2, 0.25) is 0 Å². The molecule has 2 amide bonds. The molecule has 2 fully saturated rings. The van der Waals surface area contributed by atoms with Crippen LogP contribution >= 0.6 is 22.6 Å². The van der Waals surface area contributed by atoms with Gasteiger partial charge in [0.25, 0.3) is 0 Å². The molecule has 2 saturated heterocycles. The molecule has 2 aromatic heterocycles. The number of hydrogen-bond donors (Lipinski definition) is 1. The predicted octanol–water partition coefficient (Wildman–Crippen LogP) is 6.69. The van der Waals surface area contributed by atoms with Crippen LogP contribution in [0.2, 0.25) is 0 Å². The number of aromatic nitrogens is 4. The Balaban J connectivity index is 0.000000195. The SMILES string of the molecule is CC(C)(C)OC(=O)N1CCN(c2ccc(-n3ccnc3)cc2)CC1.CC(C)(C)OC(=O)N1CCN(c2ccc(I)cc2)CC1.c1c[nH]cn1. The van der Waals surface area contributed by atoms with Crippen LogP contribution in [0.25, 0.3) is 5.69 Å². The number of carbonyl (C=O) groups is 2. The number of imidazole rings is 2. The maximum Gasteiger partial charge on any atom is 0.410 e. The van der Waals surface area contributed by atoms with Gasteiger partial charge < -0.3 is 38.6 Å². The third kappa shape index (κ3) is 12.6. The second kappa shape index (κ2) is 17.4. The van der Waals surface area contributed by atoms with Crippen molar-refractivity contribution in [2.45, 2.75) is 52.7 Å². The molecular weight excluding hydrogens is 735 g/mol. The topological polar surface area (TPSA) is 112 Å². The fourth-order valence-corrected chi connectivity index (χ4v) is 5.42. The van der Waals surface area contributed by atoms with Crippen LogP contribution in [0.15, 0.2) is 86.0 Å². The molecule has 0 spiro atoms. The van der Waals surface area contributed by atoms with Crippen LogP contribution in [0.5, 0.6) is 0 Å². The minimum absolute atomic E-state index is 0.209. The summed E-state index contributed by atoms with van der Waals surface area (Å²) < 4.78 is 14.0. The van der Waals surface area contributed by atoms with E-state index in [9.17, 15) is 9.59 Å². The number of nitrogens with zero attached hydrogens (tertiary/aromatic N) is 7. The summed E-state index contributed by atoms with van der Waals surface area (Å²) >= 11 is 2.30. The van der Waals surface area contributed by atoms with Crippen molar-refractivity contribution < 1.29 is 19.1 Å². The predicted molar refractivity (Wildman–Crippen MR) is 201 cm³/mol. The molecule has 0 atom stereocenters. The van der Waals surface area contributed by atoms with Gasteiger partial charge in [-0.1, -0.05) is 0 Å². The first kappa shape index (κ1) is 37.5. The van der Waals surface area contributed by atoms with Gasteiger partial charge in [-0.15, -0.1) is 0 Å². The first-order valence-electron chi connectivity index (χ1n) is 16.5. The Morgan fingerprint density at radius 1 is 0.653 bits per heavy atom. The maximum absolute atomic E-state index is 12.1. The molecule has 264 valence electrons. The van der Waals surface area contributed by atoms with Crippen molar-refractivity contribution in [1.29, 1.82) is 0 Å². The summed E-state index contributed by atoms with van der Waals surface area (Å²) in [7, 11) is 0. The van der Waals surface area contributed by atoms with E-state index in [1.807, 2.05) is 52.3 Å². The van der Waals surface area contributed by atoms with Gasteiger partial charge in [0, 0.05) is 97.8 Å². The zero-order valence-corrected chi connectivity index (χ0v) is 31.5. The number of ether oxygens (including phenoxy) is 2. The standard InChI is InChI=1S/C18H24N4O2.C15H21IN2O2.C3H4N2/c1-18(2,3)24-17(23)21-12-10-20(11-13-21)15-4-6-16(7-5-15)22-9-8-19-14-22;1-15(2,3)20-14(19)18-10-8-17(9-11-18)13-6-4-12(16)5-7-13;1-2-5-3-4-1/h4-9,14H,10-13H2,1-3H3;4-7H,8-11H2,1-3H3;1-3H,(H,4,5). The Morgan fingerprint density at radius 2 is 1.10 bits per heavy atom. The first-order valence-corrected chi connectivity index (χ1v) is 17.6. The molecule has 0 radical (unpaired) electrons. The fraction of sp³-hybridized carbons (Fsp3) is 0.444. The molecule has 0 aliphatic carbocycles. The molecule has 2 aliphatic rings. The van der Waals surface area contributed by atoms with Gasteiger partial charge in [-0.05, 0) is 113 Å². The van der Waals surface area contributed by atoms with Crippen molar-refractivity contribution in [1.82, 2.24) is 29.3 Å². The highest BCUT2D eigenvalue weighted by Gasteiger charge is 2.27. The molecular formula is C36H49IN8O4. The van der Waals surface area contributed by atoms with Crippen molar-refractivity contribution >= 4 is 46.2 Å². The van der Waals surface area contributed by atoms with Crippen molar-refractivity contribution in [2.75, 3.05) is 62.2 Å². The van der Waals surface area contributed by atoms with Crippen LogP contribution in [-0.4, -0.2) is 105 Å². The van der Waals surface area contributed by atoms with Gasteiger partial charge in [0.15, 0.2) is 0 Å². The molecule has 0 unspecified atom stereocenters. The zero-order chi connectivity index (χ0) is 35.4. The van der Waals surface area contributed by atoms with E-state index in [0.29, 0.717) is 26.2 Å². The Morgan fingerprint density at radius 3 is 1.45 bits per heavy atom. The fourth-order valence-electron chi connectivity index (χ4n) is 5.06. The molecule has 49 heavy (non-hydrogen) atoms. The van der Waals surface area contributed by atoms with Crippen LogP contribution in [0.4, 0.5) is 21.0 Å². The van der Waals surface area contributed by atoms with E-state index in [0.717, 1.165) is 31.9 Å². The van der Waals surface area contributed by atoms with Gasteiger partial charge in [-0.3, -0.25) is 0 Å². The number of nitrogens with one attached hydrogen (secondary N) is 1. The third-order valence-corrected chi connectivity index (χ3v) is 8.20. The number of piperazine rings is 2. The minimum Gasteiger partial charge on any atom is -0.444 e. The number of halogens is 1. The summed E-state index contributed by atoms with van der Waals surface area (Å²) in [6.45, 7) is 17.5. The summed E-state index contributed by atoms with van der Waals surface area (Å²) in [5.74, 6) is 0. The van der Waals surface area contributed by atoms with E-state index in [2.05, 4.69) is 95.9 Å². The number of amides is 2. The summed E-state index contributed by atoms with van der Waals surface area (Å²) in [5.41, 5.74) is 2.60. The summed E-state index contributed by atoms with van der Waals surface area (Å²) in [5, 5.41) is 0. The van der Waals surface area contributed by atoms with Crippen LogP contribution < -0.4 is 9.80 Å². The van der Waals surface area contributed by atoms with Gasteiger partial charge in [-0.2, -0.15) is 0 Å². The monoisotopic (exact) mass is 784 g/mol. The molecule has 1 N–H and O–H groups in total. The van der Waals surface area contributed by atoms with Crippen LogP contribution in [0, 0.1) is 3.57 Å². The Labute approximate surface area is 303 Å². The van der Waals surface area contributed by atoms with E-state index in [4.69, 9.17) is 9.47 Å². The summed E-state index contributed by atoms with van der Waals surface area (Å²) in [4.78, 5) is 42.7. The number of anilines is 2. The number of hydrogen-bond acceptors (Lipinski definition) is 8. The maximum atomic E-state index is 12.1. The average Bonchev–Trinajstić information content (AvgIpc) is 3.83. The van der Waals surface area contributed by atoms with Crippen molar-refractivity contribution in [3.05, 3.63) is 89.5 Å². The van der Waals surface area contributed by atoms with Crippen molar-refractivity contribution in [3.63, 3.8) is 0 Å². The number of carbonyl (C=O) groups excluding carboxylic acids is 2. The smallest absolute Gasteiger partial charge is 0.410 e. The van der Waals surface area contributed by atoms with Gasteiger partial charge in [0.05, 0.1) is 12.7 Å². The largest absolute Gasteiger partial charge is 0.444 e. The average molecular weight is 785 g/mol. The Hall–Kier alpha value is -4.27. The van der Waals surface area contributed by atoms with Gasteiger partial charge in [0.1, 0.15) is 11.2 Å². The molecule has 0 saturated carbocycles. The molecule has 2 aromatic carbocycles. The molecule has 4 heterocycles.